The van der Waals surface area contributed by atoms with Crippen molar-refractivity contribution < 1.29 is 32.6 Å². The van der Waals surface area contributed by atoms with Gasteiger partial charge < -0.3 is 25.5 Å². The second-order valence-electron chi connectivity index (χ2n) is 8.72. The third-order valence-electron chi connectivity index (χ3n) is 6.18. The van der Waals surface area contributed by atoms with E-state index in [1.54, 1.807) is 25.1 Å². The molecule has 2 aliphatic rings. The Bertz CT molecular complexity index is 1060. The van der Waals surface area contributed by atoms with E-state index in [1.807, 2.05) is 10.9 Å². The van der Waals surface area contributed by atoms with Crippen LogP contribution in [0.5, 0.6) is 5.75 Å². The van der Waals surface area contributed by atoms with Crippen molar-refractivity contribution in [3.8, 4) is 5.75 Å². The molecule has 3 heterocycles. The van der Waals surface area contributed by atoms with Crippen molar-refractivity contribution in [2.75, 3.05) is 37.0 Å². The Morgan fingerprint density at radius 3 is 2.80 bits per heavy atom. The van der Waals surface area contributed by atoms with Gasteiger partial charge in [0.25, 0.3) is 0 Å². The molecular formula is C23H28F3N5O4. The maximum absolute atomic E-state index is 13.4. The Morgan fingerprint density at radius 2 is 2.11 bits per heavy atom. The largest absolute Gasteiger partial charge is 0.493 e. The molecule has 4 rings (SSSR count). The SMILES string of the molecule is CCC1c2cc(OCCc3cn4c(n3)NCCN4)ccc2CC(CC(=O)O)C(=O)N1CC(F)(F)F. The molecule has 2 unspecified atom stereocenters. The number of halogens is 3. The highest BCUT2D eigenvalue weighted by Gasteiger charge is 2.42. The summed E-state index contributed by atoms with van der Waals surface area (Å²) >= 11 is 0. The van der Waals surface area contributed by atoms with Gasteiger partial charge in [0.2, 0.25) is 11.9 Å². The second kappa shape index (κ2) is 10.0. The van der Waals surface area contributed by atoms with Gasteiger partial charge in [-0.05, 0) is 36.1 Å². The molecule has 0 saturated carbocycles. The topological polar surface area (TPSA) is 109 Å². The number of hydrogen-bond acceptors (Lipinski definition) is 6. The monoisotopic (exact) mass is 495 g/mol. The number of rotatable bonds is 8. The number of aromatic nitrogens is 2. The summed E-state index contributed by atoms with van der Waals surface area (Å²) in [5, 5.41) is 12.4. The summed E-state index contributed by atoms with van der Waals surface area (Å²) in [4.78, 5) is 29.6. The maximum Gasteiger partial charge on any atom is 0.406 e. The number of carboxylic acid groups (broad SMARTS) is 1. The van der Waals surface area contributed by atoms with E-state index in [1.165, 1.54) is 0 Å². The molecule has 0 radical (unpaired) electrons. The van der Waals surface area contributed by atoms with Crippen LogP contribution < -0.4 is 15.5 Å². The van der Waals surface area contributed by atoms with E-state index in [0.717, 1.165) is 29.6 Å². The molecule has 9 nitrogen and oxygen atoms in total. The van der Waals surface area contributed by atoms with E-state index in [2.05, 4.69) is 15.7 Å². The maximum atomic E-state index is 13.4. The van der Waals surface area contributed by atoms with Gasteiger partial charge in [0.15, 0.2) is 0 Å². The van der Waals surface area contributed by atoms with Crippen LogP contribution in [0.15, 0.2) is 24.4 Å². The quantitative estimate of drug-likeness (QED) is 0.517. The van der Waals surface area contributed by atoms with Crippen molar-refractivity contribution in [1.29, 1.82) is 0 Å². The summed E-state index contributed by atoms with van der Waals surface area (Å²) in [6, 6.07) is 4.26. The minimum absolute atomic E-state index is 0.0613. The Hall–Kier alpha value is -3.44. The Labute approximate surface area is 200 Å². The van der Waals surface area contributed by atoms with Gasteiger partial charge >= 0.3 is 12.1 Å². The molecule has 0 saturated heterocycles. The van der Waals surface area contributed by atoms with Crippen molar-refractivity contribution in [2.24, 2.45) is 5.92 Å². The van der Waals surface area contributed by atoms with E-state index in [9.17, 15) is 27.9 Å². The van der Waals surface area contributed by atoms with Gasteiger partial charge in [-0.15, -0.1) is 0 Å². The number of hydrogen-bond donors (Lipinski definition) is 3. The van der Waals surface area contributed by atoms with Gasteiger partial charge in [0.1, 0.15) is 12.3 Å². The Balaban J connectivity index is 1.54. The number of alkyl halides is 3. The predicted octanol–water partition coefficient (Wildman–Crippen LogP) is 2.96. The van der Waals surface area contributed by atoms with Gasteiger partial charge in [-0.1, -0.05) is 13.0 Å². The number of amides is 1. The number of nitrogens with one attached hydrogen (secondary N) is 2. The van der Waals surface area contributed by atoms with Crippen LogP contribution in [-0.2, 0) is 22.4 Å². The number of fused-ring (bicyclic) bond motifs is 2. The number of carbonyl (C=O) groups is 2. The van der Waals surface area contributed by atoms with Crippen molar-refractivity contribution in [3.05, 3.63) is 41.2 Å². The number of carbonyl (C=O) groups excluding carboxylic acids is 1. The minimum Gasteiger partial charge on any atom is -0.493 e. The van der Waals surface area contributed by atoms with E-state index >= 15 is 0 Å². The van der Waals surface area contributed by atoms with Crippen LogP contribution in [0.3, 0.4) is 0 Å². The fourth-order valence-electron chi connectivity index (χ4n) is 4.68. The van der Waals surface area contributed by atoms with E-state index < -0.39 is 43.0 Å². The third kappa shape index (κ3) is 5.80. The number of anilines is 1. The lowest BCUT2D eigenvalue weighted by Crippen LogP contribution is -2.43. The number of ether oxygens (including phenoxy) is 1. The summed E-state index contributed by atoms with van der Waals surface area (Å²) in [7, 11) is 0. The van der Waals surface area contributed by atoms with Crippen molar-refractivity contribution in [3.63, 3.8) is 0 Å². The van der Waals surface area contributed by atoms with Gasteiger partial charge in [-0.25, -0.2) is 9.66 Å². The first-order chi connectivity index (χ1) is 16.6. The molecule has 35 heavy (non-hydrogen) atoms. The smallest absolute Gasteiger partial charge is 0.406 e. The van der Waals surface area contributed by atoms with E-state index in [-0.39, 0.29) is 12.8 Å². The molecule has 190 valence electrons. The molecular weight excluding hydrogens is 467 g/mol. The summed E-state index contributed by atoms with van der Waals surface area (Å²) in [5.74, 6) is -1.88. The lowest BCUT2D eigenvalue weighted by Gasteiger charge is -2.32. The highest BCUT2D eigenvalue weighted by Crippen LogP contribution is 2.38. The zero-order chi connectivity index (χ0) is 25.2. The molecule has 0 bridgehead atoms. The molecule has 2 aromatic rings. The van der Waals surface area contributed by atoms with E-state index in [0.29, 0.717) is 29.9 Å². The second-order valence-corrected chi connectivity index (χ2v) is 8.72. The molecule has 1 aromatic carbocycles. The van der Waals surface area contributed by atoms with Crippen LogP contribution in [0, 0.1) is 5.92 Å². The van der Waals surface area contributed by atoms with Gasteiger partial charge in [0.05, 0.1) is 36.9 Å². The summed E-state index contributed by atoms with van der Waals surface area (Å²) < 4.78 is 47.8. The minimum atomic E-state index is -4.61. The number of carboxylic acids is 1. The molecule has 12 heteroatoms. The molecule has 0 spiro atoms. The fourth-order valence-corrected chi connectivity index (χ4v) is 4.68. The van der Waals surface area contributed by atoms with E-state index in [4.69, 9.17) is 4.74 Å². The van der Waals surface area contributed by atoms with Crippen molar-refractivity contribution in [2.45, 2.75) is 44.8 Å². The van der Waals surface area contributed by atoms with Crippen LogP contribution in [0.4, 0.5) is 19.1 Å². The number of nitrogens with zero attached hydrogens (tertiary/aromatic N) is 3. The lowest BCUT2D eigenvalue weighted by atomic mass is 9.92. The summed E-state index contributed by atoms with van der Waals surface area (Å²) in [6.45, 7) is 2.14. The normalized spacial score (nSPS) is 19.8. The highest BCUT2D eigenvalue weighted by molar-refractivity contribution is 5.84. The van der Waals surface area contributed by atoms with Gasteiger partial charge in [-0.3, -0.25) is 9.59 Å². The summed E-state index contributed by atoms with van der Waals surface area (Å²) in [6.07, 6.45) is -2.43. The Kier molecular flexibility index (Phi) is 7.08. The fraction of sp³-hybridized carbons (Fsp3) is 0.522. The first-order valence-electron chi connectivity index (χ1n) is 11.5. The molecule has 0 aliphatic carbocycles. The van der Waals surface area contributed by atoms with Gasteiger partial charge in [-0.2, -0.15) is 13.2 Å². The van der Waals surface area contributed by atoms with Crippen LogP contribution >= 0.6 is 0 Å². The number of aliphatic carboxylic acids is 1. The first kappa shape index (κ1) is 24.7. The third-order valence-corrected chi connectivity index (χ3v) is 6.18. The molecule has 1 amide bonds. The van der Waals surface area contributed by atoms with Gasteiger partial charge in [0, 0.05) is 19.5 Å². The predicted molar refractivity (Wildman–Crippen MR) is 121 cm³/mol. The van der Waals surface area contributed by atoms with Crippen LogP contribution in [0.25, 0.3) is 0 Å². The lowest BCUT2D eigenvalue weighted by molar-refractivity contribution is -0.169. The zero-order valence-corrected chi connectivity index (χ0v) is 19.3. The molecule has 0 fully saturated rings. The first-order valence-corrected chi connectivity index (χ1v) is 11.5. The molecule has 2 aliphatic heterocycles. The summed E-state index contributed by atoms with van der Waals surface area (Å²) in [5.41, 5.74) is 5.22. The molecule has 3 N–H and O–H groups in total. The number of benzene rings is 1. The van der Waals surface area contributed by atoms with Crippen molar-refractivity contribution >= 4 is 17.8 Å². The average molecular weight is 496 g/mol. The Morgan fingerprint density at radius 1 is 1.31 bits per heavy atom. The van der Waals surface area contributed by atoms with Crippen LogP contribution in [0.1, 0.15) is 42.6 Å². The highest BCUT2D eigenvalue weighted by atomic mass is 19.4. The standard InChI is InChI=1S/C23H28F3N5O4/c1-2-19-18-11-17(35-8-5-16-12-31-22(29-16)27-6-7-28-31)4-3-14(18)9-15(10-20(32)33)21(34)30(19)13-23(24,25)26/h3-4,11-12,15,19,28H,2,5-10,13H2,1H3,(H,27,29)(H,32,33). The van der Waals surface area contributed by atoms with Crippen molar-refractivity contribution in [1.82, 2.24) is 14.6 Å². The van der Waals surface area contributed by atoms with Crippen LogP contribution in [-0.4, -0.2) is 64.0 Å². The molecule has 2 atom stereocenters. The zero-order valence-electron chi connectivity index (χ0n) is 19.3. The number of imidazole rings is 1. The average Bonchev–Trinajstić information content (AvgIpc) is 3.17. The molecule has 1 aromatic heterocycles. The van der Waals surface area contributed by atoms with Crippen LogP contribution in [0.2, 0.25) is 0 Å².